The minimum atomic E-state index is -0.614. The topological polar surface area (TPSA) is 64.6 Å². The number of amides is 1. The van der Waals surface area contributed by atoms with E-state index in [0.29, 0.717) is 16.5 Å². The van der Waals surface area contributed by atoms with E-state index in [1.807, 2.05) is 19.1 Å². The summed E-state index contributed by atoms with van der Waals surface area (Å²) in [6.07, 6.45) is 0.934. The highest BCUT2D eigenvalue weighted by molar-refractivity contribution is 6.31. The molecule has 0 saturated carbocycles. The molecule has 5 nitrogen and oxygen atoms in total. The largest absolute Gasteiger partial charge is 0.482 e. The van der Waals surface area contributed by atoms with Crippen molar-refractivity contribution in [2.24, 2.45) is 0 Å². The molecule has 0 saturated heterocycles. The molecule has 0 aromatic heterocycles. The Bertz CT molecular complexity index is 744. The Balaban J connectivity index is 1.73. The summed E-state index contributed by atoms with van der Waals surface area (Å²) in [5.41, 5.74) is 2.64. The van der Waals surface area contributed by atoms with Crippen molar-refractivity contribution in [3.63, 3.8) is 0 Å². The Kier molecular flexibility index (Phi) is 6.83. The number of aryl methyl sites for hydroxylation is 2. The zero-order chi connectivity index (χ0) is 18.2. The number of rotatable bonds is 7. The molecule has 132 valence electrons. The maximum atomic E-state index is 11.8. The number of carbonyl (C=O) groups excluding carboxylic acids is 2. The fourth-order valence-electron chi connectivity index (χ4n) is 2.02. The number of hydrogen-bond donors (Lipinski definition) is 1. The molecule has 0 fully saturated rings. The van der Waals surface area contributed by atoms with Gasteiger partial charge in [-0.15, -0.1) is 0 Å². The molecule has 0 aliphatic heterocycles. The van der Waals surface area contributed by atoms with Gasteiger partial charge in [-0.05, 0) is 48.7 Å². The monoisotopic (exact) mass is 361 g/mol. The second-order valence-electron chi connectivity index (χ2n) is 5.46. The quantitative estimate of drug-likeness (QED) is 0.762. The van der Waals surface area contributed by atoms with E-state index >= 15 is 0 Å². The van der Waals surface area contributed by atoms with Crippen molar-refractivity contribution in [1.82, 2.24) is 0 Å². The summed E-state index contributed by atoms with van der Waals surface area (Å²) in [4.78, 5) is 23.4. The molecule has 6 heteroatoms. The van der Waals surface area contributed by atoms with Crippen molar-refractivity contribution in [3.05, 3.63) is 58.6 Å². The predicted octanol–water partition coefficient (Wildman–Crippen LogP) is 3.77. The Hall–Kier alpha value is -2.53. The van der Waals surface area contributed by atoms with Crippen molar-refractivity contribution in [2.45, 2.75) is 20.3 Å². The van der Waals surface area contributed by atoms with Crippen LogP contribution in [0, 0.1) is 6.92 Å². The van der Waals surface area contributed by atoms with Gasteiger partial charge in [0, 0.05) is 10.7 Å². The van der Waals surface area contributed by atoms with Gasteiger partial charge in [-0.2, -0.15) is 0 Å². The summed E-state index contributed by atoms with van der Waals surface area (Å²) in [5.74, 6) is -0.481. The second kappa shape index (κ2) is 9.08. The minimum Gasteiger partial charge on any atom is -0.482 e. The van der Waals surface area contributed by atoms with E-state index in [1.54, 1.807) is 30.3 Å². The van der Waals surface area contributed by atoms with E-state index in [0.717, 1.165) is 12.0 Å². The summed E-state index contributed by atoms with van der Waals surface area (Å²) >= 11 is 5.99. The first-order valence-corrected chi connectivity index (χ1v) is 8.29. The van der Waals surface area contributed by atoms with Gasteiger partial charge in [0.25, 0.3) is 5.91 Å². The molecule has 0 aliphatic rings. The van der Waals surface area contributed by atoms with Crippen LogP contribution in [-0.4, -0.2) is 25.1 Å². The number of ether oxygens (including phenoxy) is 2. The van der Waals surface area contributed by atoms with Crippen molar-refractivity contribution in [1.29, 1.82) is 0 Å². The van der Waals surface area contributed by atoms with Crippen LogP contribution < -0.4 is 10.1 Å². The van der Waals surface area contributed by atoms with E-state index in [2.05, 4.69) is 12.2 Å². The van der Waals surface area contributed by atoms with Gasteiger partial charge in [0.1, 0.15) is 5.75 Å². The maximum absolute atomic E-state index is 11.8. The van der Waals surface area contributed by atoms with E-state index in [-0.39, 0.29) is 13.2 Å². The first kappa shape index (κ1) is 18.8. The molecule has 2 aromatic carbocycles. The van der Waals surface area contributed by atoms with Crippen LogP contribution in [0.1, 0.15) is 18.1 Å². The van der Waals surface area contributed by atoms with Crippen LogP contribution in [-0.2, 0) is 20.7 Å². The van der Waals surface area contributed by atoms with Crippen LogP contribution >= 0.6 is 11.6 Å². The molecule has 0 radical (unpaired) electrons. The molecule has 0 unspecified atom stereocenters. The number of nitrogens with one attached hydrogen (secondary N) is 1. The molecule has 0 bridgehead atoms. The molecule has 25 heavy (non-hydrogen) atoms. The summed E-state index contributed by atoms with van der Waals surface area (Å²) in [7, 11) is 0. The van der Waals surface area contributed by atoms with Gasteiger partial charge < -0.3 is 14.8 Å². The lowest BCUT2D eigenvalue weighted by molar-refractivity contribution is -0.149. The molecule has 0 aliphatic carbocycles. The molecule has 2 aromatic rings. The van der Waals surface area contributed by atoms with Gasteiger partial charge in [-0.1, -0.05) is 36.7 Å². The molecule has 1 N–H and O–H groups in total. The van der Waals surface area contributed by atoms with Crippen molar-refractivity contribution >= 4 is 29.2 Å². The summed E-state index contributed by atoms with van der Waals surface area (Å²) in [6, 6.07) is 12.6. The fraction of sp³-hybridized carbons (Fsp3) is 0.263. The van der Waals surface area contributed by atoms with Crippen LogP contribution in [0.2, 0.25) is 5.02 Å². The molecule has 1 amide bonds. The molecule has 2 rings (SSSR count). The number of halogens is 1. The van der Waals surface area contributed by atoms with Gasteiger partial charge in [0.2, 0.25) is 0 Å². The number of hydrogen-bond acceptors (Lipinski definition) is 4. The maximum Gasteiger partial charge on any atom is 0.344 e. The average molecular weight is 362 g/mol. The van der Waals surface area contributed by atoms with Crippen LogP contribution in [0.5, 0.6) is 5.75 Å². The third-order valence-electron chi connectivity index (χ3n) is 3.51. The Labute approximate surface area is 151 Å². The highest BCUT2D eigenvalue weighted by Crippen LogP contribution is 2.19. The second-order valence-corrected chi connectivity index (χ2v) is 5.87. The number of esters is 1. The lowest BCUT2D eigenvalue weighted by atomic mass is 10.2. The Morgan fingerprint density at radius 3 is 2.44 bits per heavy atom. The van der Waals surface area contributed by atoms with E-state index in [4.69, 9.17) is 21.1 Å². The van der Waals surface area contributed by atoms with Gasteiger partial charge in [0.05, 0.1) is 0 Å². The lowest BCUT2D eigenvalue weighted by Crippen LogP contribution is -2.23. The summed E-state index contributed by atoms with van der Waals surface area (Å²) < 4.78 is 10.2. The van der Waals surface area contributed by atoms with Crippen LogP contribution in [0.15, 0.2) is 42.5 Å². The Morgan fingerprint density at radius 2 is 1.80 bits per heavy atom. The lowest BCUT2D eigenvalue weighted by Gasteiger charge is -2.09. The highest BCUT2D eigenvalue weighted by atomic mass is 35.5. The number of carbonyl (C=O) groups is 2. The van der Waals surface area contributed by atoms with Crippen LogP contribution in [0.3, 0.4) is 0 Å². The average Bonchev–Trinajstić information content (AvgIpc) is 2.61. The van der Waals surface area contributed by atoms with Crippen LogP contribution in [0.25, 0.3) is 0 Å². The van der Waals surface area contributed by atoms with Crippen LogP contribution in [0.4, 0.5) is 5.69 Å². The number of benzene rings is 2. The molecule has 0 spiro atoms. The molecular formula is C19H20ClNO4. The predicted molar refractivity (Wildman–Crippen MR) is 97.1 cm³/mol. The smallest absolute Gasteiger partial charge is 0.344 e. The molecular weight excluding hydrogens is 342 g/mol. The Morgan fingerprint density at radius 1 is 1.08 bits per heavy atom. The van der Waals surface area contributed by atoms with E-state index in [9.17, 15) is 9.59 Å². The van der Waals surface area contributed by atoms with E-state index < -0.39 is 11.9 Å². The zero-order valence-corrected chi connectivity index (χ0v) is 14.9. The van der Waals surface area contributed by atoms with E-state index in [1.165, 1.54) is 5.56 Å². The summed E-state index contributed by atoms with van der Waals surface area (Å²) in [6.45, 7) is 3.28. The summed E-state index contributed by atoms with van der Waals surface area (Å²) in [5, 5.41) is 3.16. The van der Waals surface area contributed by atoms with Gasteiger partial charge in [0.15, 0.2) is 13.2 Å². The standard InChI is InChI=1S/C19H20ClNO4/c1-3-14-5-8-16(9-6-14)24-12-19(23)25-11-18(22)21-15-7-4-13(2)17(20)10-15/h4-10H,3,11-12H2,1-2H3,(H,21,22). The molecule has 0 atom stereocenters. The van der Waals surface area contributed by atoms with Crippen molar-refractivity contribution in [2.75, 3.05) is 18.5 Å². The molecule has 0 heterocycles. The normalized spacial score (nSPS) is 10.2. The van der Waals surface area contributed by atoms with Gasteiger partial charge in [-0.3, -0.25) is 4.79 Å². The van der Waals surface area contributed by atoms with Crippen molar-refractivity contribution < 1.29 is 19.1 Å². The SMILES string of the molecule is CCc1ccc(OCC(=O)OCC(=O)Nc2ccc(C)c(Cl)c2)cc1. The third-order valence-corrected chi connectivity index (χ3v) is 3.92. The first-order valence-electron chi connectivity index (χ1n) is 7.91. The zero-order valence-electron chi connectivity index (χ0n) is 14.2. The third kappa shape index (κ3) is 6.12. The first-order chi connectivity index (χ1) is 12.0. The van der Waals surface area contributed by atoms with Gasteiger partial charge >= 0.3 is 5.97 Å². The van der Waals surface area contributed by atoms with Crippen molar-refractivity contribution in [3.8, 4) is 5.75 Å². The number of anilines is 1. The minimum absolute atomic E-state index is 0.255. The highest BCUT2D eigenvalue weighted by Gasteiger charge is 2.09. The van der Waals surface area contributed by atoms with Gasteiger partial charge in [-0.25, -0.2) is 4.79 Å². The fourth-order valence-corrected chi connectivity index (χ4v) is 2.20.